The Balaban J connectivity index is 1.67. The average Bonchev–Trinajstić information content (AvgIpc) is 2.84. The molecule has 86 valence electrons. The molecule has 15 heavy (non-hydrogen) atoms. The van der Waals surface area contributed by atoms with Crippen LogP contribution in [0.25, 0.3) is 0 Å². The maximum absolute atomic E-state index is 11.7. The van der Waals surface area contributed by atoms with Gasteiger partial charge in [0.25, 0.3) is 0 Å². The van der Waals surface area contributed by atoms with Crippen LogP contribution in [0.15, 0.2) is 0 Å². The van der Waals surface area contributed by atoms with E-state index >= 15 is 0 Å². The summed E-state index contributed by atoms with van der Waals surface area (Å²) < 4.78 is 5.51. The second kappa shape index (κ2) is 4.94. The van der Waals surface area contributed by atoms with Crippen LogP contribution in [0.2, 0.25) is 0 Å². The maximum Gasteiger partial charge on any atom is 0.249 e. The smallest absolute Gasteiger partial charge is 0.249 e. The van der Waals surface area contributed by atoms with Crippen LogP contribution in [0.3, 0.4) is 0 Å². The summed E-state index contributed by atoms with van der Waals surface area (Å²) >= 11 is 0. The highest BCUT2D eigenvalue weighted by atomic mass is 16.5. The maximum atomic E-state index is 11.7. The monoisotopic (exact) mass is 212 g/mol. The first-order valence-electron chi connectivity index (χ1n) is 5.92. The highest BCUT2D eigenvalue weighted by molar-refractivity contribution is 5.81. The van der Waals surface area contributed by atoms with E-state index in [0.29, 0.717) is 6.04 Å². The van der Waals surface area contributed by atoms with Crippen molar-refractivity contribution in [3.8, 4) is 0 Å². The summed E-state index contributed by atoms with van der Waals surface area (Å²) in [6.45, 7) is 3.84. The lowest BCUT2D eigenvalue weighted by Crippen LogP contribution is -2.41. The van der Waals surface area contributed by atoms with E-state index in [2.05, 4.69) is 10.6 Å². The van der Waals surface area contributed by atoms with E-state index in [1.165, 1.54) is 12.8 Å². The molecule has 0 aliphatic carbocycles. The third-order valence-corrected chi connectivity index (χ3v) is 3.21. The van der Waals surface area contributed by atoms with Gasteiger partial charge in [0.05, 0.1) is 6.10 Å². The summed E-state index contributed by atoms with van der Waals surface area (Å²) in [4.78, 5) is 11.7. The average molecular weight is 212 g/mol. The molecular formula is C11H20N2O2. The summed E-state index contributed by atoms with van der Waals surface area (Å²) in [6, 6.07) is 0.466. The van der Waals surface area contributed by atoms with Crippen molar-refractivity contribution in [2.45, 2.75) is 50.9 Å². The van der Waals surface area contributed by atoms with Gasteiger partial charge in [-0.15, -0.1) is 0 Å². The standard InChI is InChI=1S/C11H20N2O2/c1-8-4-5-10(15-8)11(14)13-7-9-3-2-6-12-9/h8-10,12H,2-7H2,1H3,(H,13,14). The fourth-order valence-electron chi connectivity index (χ4n) is 2.26. The van der Waals surface area contributed by atoms with Crippen LogP contribution in [0.1, 0.15) is 32.6 Å². The lowest BCUT2D eigenvalue weighted by atomic mass is 10.2. The number of carbonyl (C=O) groups excluding carboxylic acids is 1. The van der Waals surface area contributed by atoms with Crippen molar-refractivity contribution in [1.82, 2.24) is 10.6 Å². The summed E-state index contributed by atoms with van der Waals surface area (Å²) in [5, 5.41) is 6.32. The molecule has 4 heteroatoms. The van der Waals surface area contributed by atoms with Gasteiger partial charge in [-0.05, 0) is 39.2 Å². The molecule has 2 fully saturated rings. The van der Waals surface area contributed by atoms with Gasteiger partial charge in [-0.1, -0.05) is 0 Å². The van der Waals surface area contributed by atoms with E-state index in [9.17, 15) is 4.79 Å². The SMILES string of the molecule is CC1CCC(C(=O)NCC2CCCN2)O1. The van der Waals surface area contributed by atoms with Crippen molar-refractivity contribution in [2.24, 2.45) is 0 Å². The number of hydrogen-bond donors (Lipinski definition) is 2. The molecule has 2 rings (SSSR count). The Hall–Kier alpha value is -0.610. The highest BCUT2D eigenvalue weighted by Crippen LogP contribution is 2.18. The zero-order chi connectivity index (χ0) is 10.7. The minimum absolute atomic E-state index is 0.0630. The molecular weight excluding hydrogens is 192 g/mol. The lowest BCUT2D eigenvalue weighted by molar-refractivity contribution is -0.131. The Morgan fingerprint density at radius 1 is 1.47 bits per heavy atom. The van der Waals surface area contributed by atoms with Crippen LogP contribution in [0.4, 0.5) is 0 Å². The normalized spacial score (nSPS) is 35.7. The third kappa shape index (κ3) is 2.92. The number of hydrogen-bond acceptors (Lipinski definition) is 3. The van der Waals surface area contributed by atoms with Gasteiger partial charge in [0.2, 0.25) is 5.91 Å². The van der Waals surface area contributed by atoms with Gasteiger partial charge >= 0.3 is 0 Å². The minimum atomic E-state index is -0.207. The van der Waals surface area contributed by atoms with Crippen LogP contribution in [0, 0.1) is 0 Å². The van der Waals surface area contributed by atoms with Crippen LogP contribution in [-0.4, -0.2) is 37.2 Å². The molecule has 0 radical (unpaired) electrons. The lowest BCUT2D eigenvalue weighted by Gasteiger charge is -2.14. The van der Waals surface area contributed by atoms with E-state index in [4.69, 9.17) is 4.74 Å². The molecule has 2 N–H and O–H groups in total. The molecule has 1 amide bonds. The van der Waals surface area contributed by atoms with Gasteiger partial charge < -0.3 is 15.4 Å². The Morgan fingerprint density at radius 2 is 2.33 bits per heavy atom. The van der Waals surface area contributed by atoms with Crippen LogP contribution >= 0.6 is 0 Å². The number of carbonyl (C=O) groups is 1. The Labute approximate surface area is 90.8 Å². The zero-order valence-electron chi connectivity index (χ0n) is 9.29. The van der Waals surface area contributed by atoms with Crippen molar-refractivity contribution in [1.29, 1.82) is 0 Å². The van der Waals surface area contributed by atoms with Crippen molar-refractivity contribution in [3.05, 3.63) is 0 Å². The first-order chi connectivity index (χ1) is 7.25. The highest BCUT2D eigenvalue weighted by Gasteiger charge is 2.28. The van der Waals surface area contributed by atoms with Gasteiger partial charge in [0.1, 0.15) is 6.10 Å². The molecule has 0 aromatic heterocycles. The van der Waals surface area contributed by atoms with Crippen molar-refractivity contribution < 1.29 is 9.53 Å². The Morgan fingerprint density at radius 3 is 2.93 bits per heavy atom. The van der Waals surface area contributed by atoms with E-state index in [0.717, 1.165) is 25.9 Å². The third-order valence-electron chi connectivity index (χ3n) is 3.21. The molecule has 0 bridgehead atoms. The molecule has 2 saturated heterocycles. The molecule has 3 atom stereocenters. The number of rotatable bonds is 3. The quantitative estimate of drug-likeness (QED) is 0.713. The Bertz CT molecular complexity index is 227. The van der Waals surface area contributed by atoms with Crippen LogP contribution in [-0.2, 0) is 9.53 Å². The van der Waals surface area contributed by atoms with Gasteiger partial charge in [-0.2, -0.15) is 0 Å². The predicted molar refractivity (Wildman–Crippen MR) is 57.6 cm³/mol. The van der Waals surface area contributed by atoms with Gasteiger partial charge in [0, 0.05) is 12.6 Å². The molecule has 0 saturated carbocycles. The van der Waals surface area contributed by atoms with E-state index in [-0.39, 0.29) is 18.1 Å². The topological polar surface area (TPSA) is 50.4 Å². The van der Waals surface area contributed by atoms with E-state index < -0.39 is 0 Å². The molecule has 2 aliphatic heterocycles. The zero-order valence-corrected chi connectivity index (χ0v) is 9.29. The summed E-state index contributed by atoms with van der Waals surface area (Å²) in [5.74, 6) is 0.0630. The predicted octanol–water partition coefficient (Wildman–Crippen LogP) is 0.422. The fourth-order valence-corrected chi connectivity index (χ4v) is 2.26. The van der Waals surface area contributed by atoms with Gasteiger partial charge in [-0.25, -0.2) is 0 Å². The van der Waals surface area contributed by atoms with Crippen molar-refractivity contribution in [3.63, 3.8) is 0 Å². The second-order valence-corrected chi connectivity index (χ2v) is 4.55. The fraction of sp³-hybridized carbons (Fsp3) is 0.909. The molecule has 3 unspecified atom stereocenters. The first-order valence-corrected chi connectivity index (χ1v) is 5.92. The van der Waals surface area contributed by atoms with E-state index in [1.54, 1.807) is 0 Å². The van der Waals surface area contributed by atoms with Crippen LogP contribution < -0.4 is 10.6 Å². The molecule has 2 heterocycles. The largest absolute Gasteiger partial charge is 0.365 e. The molecule has 2 aliphatic rings. The summed E-state index contributed by atoms with van der Waals surface area (Å²) in [5.41, 5.74) is 0. The number of amides is 1. The first kappa shape index (κ1) is 10.9. The Kier molecular flexibility index (Phi) is 3.59. The number of ether oxygens (including phenoxy) is 1. The molecule has 0 aromatic rings. The minimum Gasteiger partial charge on any atom is -0.365 e. The van der Waals surface area contributed by atoms with Gasteiger partial charge in [-0.3, -0.25) is 4.79 Å². The van der Waals surface area contributed by atoms with Crippen molar-refractivity contribution in [2.75, 3.05) is 13.1 Å². The molecule has 0 aromatic carbocycles. The second-order valence-electron chi connectivity index (χ2n) is 4.55. The molecule has 4 nitrogen and oxygen atoms in total. The molecule has 0 spiro atoms. The number of nitrogens with one attached hydrogen (secondary N) is 2. The van der Waals surface area contributed by atoms with E-state index in [1.807, 2.05) is 6.92 Å². The summed E-state index contributed by atoms with van der Waals surface area (Å²) in [6.07, 6.45) is 4.29. The van der Waals surface area contributed by atoms with Crippen LogP contribution in [0.5, 0.6) is 0 Å². The summed E-state index contributed by atoms with van der Waals surface area (Å²) in [7, 11) is 0. The van der Waals surface area contributed by atoms with Gasteiger partial charge in [0.15, 0.2) is 0 Å². The van der Waals surface area contributed by atoms with Crippen molar-refractivity contribution >= 4 is 5.91 Å².